The molecule has 1 aliphatic heterocycles. The zero-order valence-electron chi connectivity index (χ0n) is 15.6. The molecule has 3 aromatic rings. The number of carbonyl (C=O) groups is 1. The molecule has 27 heavy (non-hydrogen) atoms. The summed E-state index contributed by atoms with van der Waals surface area (Å²) in [5, 5.41) is 0. The number of aromatic nitrogens is 1. The minimum Gasteiger partial charge on any atom is -0.476 e. The molecule has 4 heteroatoms. The largest absolute Gasteiger partial charge is 0.476 e. The number of nitrogens with zero attached hydrogens (tertiary/aromatic N) is 2. The van der Waals surface area contributed by atoms with E-state index in [2.05, 4.69) is 23.2 Å². The highest BCUT2D eigenvalue weighted by atomic mass is 16.5. The van der Waals surface area contributed by atoms with E-state index >= 15 is 0 Å². The van der Waals surface area contributed by atoms with Gasteiger partial charge in [0, 0.05) is 17.3 Å². The second-order valence-electron chi connectivity index (χ2n) is 6.96. The third-order valence-electron chi connectivity index (χ3n) is 4.81. The Hall–Kier alpha value is -3.14. The van der Waals surface area contributed by atoms with Gasteiger partial charge in [0.05, 0.1) is 13.1 Å². The summed E-state index contributed by atoms with van der Waals surface area (Å²) in [6.07, 6.45) is 1.77. The molecule has 0 aliphatic carbocycles. The summed E-state index contributed by atoms with van der Waals surface area (Å²) in [5.74, 6) is 0.646. The molecular weight excluding hydrogens is 336 g/mol. The van der Waals surface area contributed by atoms with Crippen molar-refractivity contribution in [3.63, 3.8) is 0 Å². The van der Waals surface area contributed by atoms with Gasteiger partial charge in [-0.1, -0.05) is 47.5 Å². The Balaban J connectivity index is 1.71. The third-order valence-corrected chi connectivity index (χ3v) is 4.81. The number of pyridine rings is 1. The van der Waals surface area contributed by atoms with Crippen molar-refractivity contribution in [2.24, 2.45) is 0 Å². The number of fused-ring (bicyclic) bond motifs is 1. The minimum absolute atomic E-state index is 0.0288. The average molecular weight is 358 g/mol. The lowest BCUT2D eigenvalue weighted by molar-refractivity contribution is 0.0733. The maximum Gasteiger partial charge on any atom is 0.254 e. The molecule has 1 amide bonds. The Morgan fingerprint density at radius 1 is 1.04 bits per heavy atom. The van der Waals surface area contributed by atoms with Crippen LogP contribution in [-0.4, -0.2) is 28.9 Å². The molecule has 1 aromatic heterocycles. The molecule has 0 bridgehead atoms. The molecule has 136 valence electrons. The van der Waals surface area contributed by atoms with E-state index in [4.69, 9.17) is 4.74 Å². The maximum absolute atomic E-state index is 13.2. The molecule has 0 unspecified atom stereocenters. The SMILES string of the molecule is Cc1cc(C)cc(C(=O)N2CCOc3nccc(-c4ccccc4)c3C2)c1. The fraction of sp³-hybridized carbons (Fsp3) is 0.217. The van der Waals surface area contributed by atoms with Gasteiger partial charge in [-0.05, 0) is 43.2 Å². The molecule has 0 N–H and O–H groups in total. The van der Waals surface area contributed by atoms with Gasteiger partial charge in [0.2, 0.25) is 5.88 Å². The fourth-order valence-electron chi connectivity index (χ4n) is 3.62. The minimum atomic E-state index is 0.0288. The van der Waals surface area contributed by atoms with Gasteiger partial charge in [-0.25, -0.2) is 4.98 Å². The van der Waals surface area contributed by atoms with Gasteiger partial charge >= 0.3 is 0 Å². The number of benzene rings is 2. The number of aryl methyl sites for hydroxylation is 2. The first kappa shape index (κ1) is 17.3. The first-order valence-corrected chi connectivity index (χ1v) is 9.15. The molecule has 0 atom stereocenters. The van der Waals surface area contributed by atoms with Gasteiger partial charge in [-0.15, -0.1) is 0 Å². The molecule has 0 saturated heterocycles. The van der Waals surface area contributed by atoms with Crippen LogP contribution in [0.15, 0.2) is 60.8 Å². The zero-order chi connectivity index (χ0) is 18.8. The topological polar surface area (TPSA) is 42.4 Å². The van der Waals surface area contributed by atoms with E-state index in [0.29, 0.717) is 25.6 Å². The van der Waals surface area contributed by atoms with Gasteiger partial charge in [-0.2, -0.15) is 0 Å². The highest BCUT2D eigenvalue weighted by Gasteiger charge is 2.24. The Kier molecular flexibility index (Phi) is 4.63. The van der Waals surface area contributed by atoms with Crippen molar-refractivity contribution in [1.82, 2.24) is 9.88 Å². The van der Waals surface area contributed by atoms with Crippen molar-refractivity contribution in [3.05, 3.63) is 83.0 Å². The van der Waals surface area contributed by atoms with E-state index < -0.39 is 0 Å². The maximum atomic E-state index is 13.2. The van der Waals surface area contributed by atoms with Crippen molar-refractivity contribution in [1.29, 1.82) is 0 Å². The Morgan fingerprint density at radius 2 is 1.78 bits per heavy atom. The first-order valence-electron chi connectivity index (χ1n) is 9.15. The Labute approximate surface area is 159 Å². The molecule has 0 radical (unpaired) electrons. The van der Waals surface area contributed by atoms with Crippen molar-refractivity contribution >= 4 is 5.91 Å². The molecule has 0 fully saturated rings. The van der Waals surface area contributed by atoms with Crippen LogP contribution in [0.4, 0.5) is 0 Å². The number of amides is 1. The van der Waals surface area contributed by atoms with E-state index in [0.717, 1.165) is 33.4 Å². The number of ether oxygens (including phenoxy) is 1. The van der Waals surface area contributed by atoms with E-state index in [1.165, 1.54) is 0 Å². The fourth-order valence-corrected chi connectivity index (χ4v) is 3.62. The van der Waals surface area contributed by atoms with Crippen molar-refractivity contribution in [2.75, 3.05) is 13.2 Å². The summed E-state index contributed by atoms with van der Waals surface area (Å²) in [4.78, 5) is 19.4. The Morgan fingerprint density at radius 3 is 2.52 bits per heavy atom. The van der Waals surface area contributed by atoms with Crippen molar-refractivity contribution in [2.45, 2.75) is 20.4 Å². The molecule has 2 heterocycles. The zero-order valence-corrected chi connectivity index (χ0v) is 15.6. The summed E-state index contributed by atoms with van der Waals surface area (Å²) in [5.41, 5.74) is 6.02. The van der Waals surface area contributed by atoms with Crippen LogP contribution in [0.3, 0.4) is 0 Å². The van der Waals surface area contributed by atoms with Crippen LogP contribution in [0.5, 0.6) is 5.88 Å². The van der Waals surface area contributed by atoms with Crippen LogP contribution in [0, 0.1) is 13.8 Å². The van der Waals surface area contributed by atoms with Gasteiger partial charge < -0.3 is 9.64 Å². The summed E-state index contributed by atoms with van der Waals surface area (Å²) in [7, 11) is 0. The smallest absolute Gasteiger partial charge is 0.254 e. The molecular formula is C23H22N2O2. The van der Waals surface area contributed by atoms with Crippen LogP contribution in [0.1, 0.15) is 27.0 Å². The first-order chi connectivity index (χ1) is 13.1. The Bertz CT molecular complexity index is 963. The van der Waals surface area contributed by atoms with E-state index in [1.54, 1.807) is 6.20 Å². The molecule has 1 aliphatic rings. The lowest BCUT2D eigenvalue weighted by Crippen LogP contribution is -2.32. The van der Waals surface area contributed by atoms with Crippen LogP contribution < -0.4 is 4.74 Å². The molecule has 0 spiro atoms. The standard InChI is InChI=1S/C23H22N2O2/c1-16-12-17(2)14-19(13-16)23(26)25-10-11-27-22-21(15-25)20(8-9-24-22)18-6-4-3-5-7-18/h3-9,12-14H,10-11,15H2,1-2H3. The summed E-state index contributed by atoms with van der Waals surface area (Å²) in [6.45, 7) is 5.49. The molecule has 2 aromatic carbocycles. The van der Waals surface area contributed by atoms with Gasteiger partial charge in [0.15, 0.2) is 0 Å². The summed E-state index contributed by atoms with van der Waals surface area (Å²) < 4.78 is 5.87. The lowest BCUT2D eigenvalue weighted by atomic mass is 10.0. The number of hydrogen-bond acceptors (Lipinski definition) is 3. The molecule has 4 nitrogen and oxygen atoms in total. The summed E-state index contributed by atoms with van der Waals surface area (Å²) in [6, 6.07) is 18.1. The quantitative estimate of drug-likeness (QED) is 0.682. The van der Waals surface area contributed by atoms with E-state index in [1.807, 2.05) is 55.1 Å². The van der Waals surface area contributed by atoms with Gasteiger partial charge in [0.25, 0.3) is 5.91 Å². The normalized spacial score (nSPS) is 13.5. The predicted octanol–water partition coefficient (Wildman–Crippen LogP) is 4.40. The van der Waals surface area contributed by atoms with E-state index in [-0.39, 0.29) is 5.91 Å². The second kappa shape index (κ2) is 7.23. The molecule has 0 saturated carbocycles. The van der Waals surface area contributed by atoms with Crippen LogP contribution in [-0.2, 0) is 6.54 Å². The lowest BCUT2D eigenvalue weighted by Gasteiger charge is -2.21. The second-order valence-corrected chi connectivity index (χ2v) is 6.96. The number of carbonyl (C=O) groups excluding carboxylic acids is 1. The van der Waals surface area contributed by atoms with Gasteiger partial charge in [-0.3, -0.25) is 4.79 Å². The van der Waals surface area contributed by atoms with Crippen LogP contribution in [0.2, 0.25) is 0 Å². The third kappa shape index (κ3) is 3.56. The highest BCUT2D eigenvalue weighted by molar-refractivity contribution is 5.94. The average Bonchev–Trinajstić information content (AvgIpc) is 2.89. The highest BCUT2D eigenvalue weighted by Crippen LogP contribution is 2.32. The number of rotatable bonds is 2. The van der Waals surface area contributed by atoms with Crippen molar-refractivity contribution in [3.8, 4) is 17.0 Å². The monoisotopic (exact) mass is 358 g/mol. The van der Waals surface area contributed by atoms with Crippen LogP contribution in [0.25, 0.3) is 11.1 Å². The van der Waals surface area contributed by atoms with Crippen molar-refractivity contribution < 1.29 is 9.53 Å². The van der Waals surface area contributed by atoms with Gasteiger partial charge in [0.1, 0.15) is 6.61 Å². The predicted molar refractivity (Wildman–Crippen MR) is 106 cm³/mol. The molecule has 4 rings (SSSR count). The number of hydrogen-bond donors (Lipinski definition) is 0. The van der Waals surface area contributed by atoms with Crippen LogP contribution >= 0.6 is 0 Å². The van der Waals surface area contributed by atoms with E-state index in [9.17, 15) is 4.79 Å². The summed E-state index contributed by atoms with van der Waals surface area (Å²) >= 11 is 0.